The molecule has 0 radical (unpaired) electrons. The predicted octanol–water partition coefficient (Wildman–Crippen LogP) is 1.51. The van der Waals surface area contributed by atoms with Crippen LogP contribution >= 0.6 is 15.9 Å². The Morgan fingerprint density at radius 3 is 2.44 bits per heavy atom. The van der Waals surface area contributed by atoms with E-state index in [0.29, 0.717) is 0 Å². The number of rotatable bonds is 2. The van der Waals surface area contributed by atoms with Crippen LogP contribution in [0, 0.1) is 0 Å². The monoisotopic (exact) mass is 284 g/mol. The molecule has 2 heterocycles. The number of hydrogen-bond donors (Lipinski definition) is 1. The molecule has 2 rings (SSSR count). The van der Waals surface area contributed by atoms with Crippen LogP contribution in [0.1, 0.15) is 25.6 Å². The van der Waals surface area contributed by atoms with E-state index in [0.717, 1.165) is 42.8 Å². The van der Waals surface area contributed by atoms with Crippen LogP contribution in [0.2, 0.25) is 0 Å². The number of halogens is 1. The van der Waals surface area contributed by atoms with E-state index in [4.69, 9.17) is 5.73 Å². The van der Waals surface area contributed by atoms with Gasteiger partial charge in [-0.05, 0) is 35.3 Å². The van der Waals surface area contributed by atoms with Gasteiger partial charge in [-0.25, -0.2) is 9.97 Å². The maximum atomic E-state index is 6.38. The molecule has 0 aromatic carbocycles. The van der Waals surface area contributed by atoms with Crippen LogP contribution in [-0.2, 0) is 5.54 Å². The minimum absolute atomic E-state index is 0.341. The Balaban J connectivity index is 2.11. The van der Waals surface area contributed by atoms with Gasteiger partial charge in [0.25, 0.3) is 0 Å². The molecule has 1 saturated heterocycles. The van der Waals surface area contributed by atoms with E-state index in [1.165, 1.54) is 0 Å². The number of nitrogens with two attached hydrogens (primary N) is 1. The van der Waals surface area contributed by atoms with Crippen molar-refractivity contribution in [2.45, 2.75) is 25.3 Å². The van der Waals surface area contributed by atoms with Gasteiger partial charge < -0.3 is 10.6 Å². The second-order valence-electron chi connectivity index (χ2n) is 4.32. The second kappa shape index (κ2) is 4.77. The van der Waals surface area contributed by atoms with Gasteiger partial charge in [0.1, 0.15) is 5.82 Å². The van der Waals surface area contributed by atoms with Crippen LogP contribution in [0.15, 0.2) is 16.9 Å². The highest BCUT2D eigenvalue weighted by Crippen LogP contribution is 2.27. The van der Waals surface area contributed by atoms with Gasteiger partial charge in [0.15, 0.2) is 0 Å². The van der Waals surface area contributed by atoms with E-state index >= 15 is 0 Å². The van der Waals surface area contributed by atoms with Crippen LogP contribution in [0.5, 0.6) is 0 Å². The summed E-state index contributed by atoms with van der Waals surface area (Å²) in [6.45, 7) is 5.34. The maximum Gasteiger partial charge on any atom is 0.148 e. The quantitative estimate of drug-likeness (QED) is 0.895. The fraction of sp³-hybridized carbons (Fsp3) is 0.636. The van der Waals surface area contributed by atoms with Crippen molar-refractivity contribution in [2.75, 3.05) is 19.6 Å². The van der Waals surface area contributed by atoms with Crippen LogP contribution in [0.25, 0.3) is 0 Å². The van der Waals surface area contributed by atoms with E-state index in [-0.39, 0.29) is 5.54 Å². The molecular formula is C11H17BrN4. The van der Waals surface area contributed by atoms with Gasteiger partial charge in [0, 0.05) is 25.5 Å². The molecule has 0 amide bonds. The van der Waals surface area contributed by atoms with E-state index in [2.05, 4.69) is 37.7 Å². The Kier molecular flexibility index (Phi) is 3.56. The lowest BCUT2D eigenvalue weighted by Crippen LogP contribution is -2.49. The third-order valence-electron chi connectivity index (χ3n) is 3.26. The molecule has 0 bridgehead atoms. The number of likely N-dealkylation sites (tertiary alicyclic amines) is 1. The summed E-state index contributed by atoms with van der Waals surface area (Å²) in [7, 11) is 0. The largest absolute Gasteiger partial charge is 0.319 e. The molecular weight excluding hydrogens is 268 g/mol. The molecule has 0 saturated carbocycles. The first-order valence-electron chi connectivity index (χ1n) is 5.63. The molecule has 5 heteroatoms. The zero-order chi connectivity index (χ0) is 11.6. The van der Waals surface area contributed by atoms with Gasteiger partial charge >= 0.3 is 0 Å². The van der Waals surface area contributed by atoms with E-state index in [9.17, 15) is 0 Å². The Hall–Kier alpha value is -0.520. The third-order valence-corrected chi connectivity index (χ3v) is 3.67. The first-order valence-corrected chi connectivity index (χ1v) is 6.42. The summed E-state index contributed by atoms with van der Waals surface area (Å²) in [4.78, 5) is 11.1. The Morgan fingerprint density at radius 2 is 1.94 bits per heavy atom. The van der Waals surface area contributed by atoms with Crippen molar-refractivity contribution in [1.82, 2.24) is 14.9 Å². The molecule has 4 nitrogen and oxygen atoms in total. The number of aromatic nitrogens is 2. The van der Waals surface area contributed by atoms with Crippen molar-refractivity contribution in [2.24, 2.45) is 5.73 Å². The highest BCUT2D eigenvalue weighted by Gasteiger charge is 2.34. The second-order valence-corrected chi connectivity index (χ2v) is 5.23. The average Bonchev–Trinajstić information content (AvgIpc) is 2.31. The zero-order valence-electron chi connectivity index (χ0n) is 9.49. The molecule has 2 N–H and O–H groups in total. The van der Waals surface area contributed by atoms with Crippen LogP contribution in [0.3, 0.4) is 0 Å². The van der Waals surface area contributed by atoms with Crippen molar-refractivity contribution in [1.29, 1.82) is 0 Å². The number of piperidine rings is 1. The summed E-state index contributed by atoms with van der Waals surface area (Å²) in [5, 5.41) is 0. The van der Waals surface area contributed by atoms with Gasteiger partial charge in [0.2, 0.25) is 0 Å². The van der Waals surface area contributed by atoms with Gasteiger partial charge in [-0.1, -0.05) is 6.92 Å². The van der Waals surface area contributed by atoms with Crippen molar-refractivity contribution in [3.63, 3.8) is 0 Å². The molecule has 0 spiro atoms. The summed E-state index contributed by atoms with van der Waals surface area (Å²) in [5.41, 5.74) is 6.04. The smallest absolute Gasteiger partial charge is 0.148 e. The minimum atomic E-state index is -0.341. The molecule has 1 fully saturated rings. The first kappa shape index (κ1) is 12.0. The van der Waals surface area contributed by atoms with Crippen molar-refractivity contribution in [3.8, 4) is 0 Å². The van der Waals surface area contributed by atoms with Crippen molar-refractivity contribution < 1.29 is 0 Å². The van der Waals surface area contributed by atoms with Gasteiger partial charge in [-0.2, -0.15) is 0 Å². The molecule has 1 aliphatic heterocycles. The average molecular weight is 285 g/mol. The summed E-state index contributed by atoms with van der Waals surface area (Å²) < 4.78 is 0.894. The molecule has 0 unspecified atom stereocenters. The summed E-state index contributed by atoms with van der Waals surface area (Å²) >= 11 is 3.33. The Morgan fingerprint density at radius 1 is 1.38 bits per heavy atom. The molecule has 0 atom stereocenters. The lowest BCUT2D eigenvalue weighted by molar-refractivity contribution is 0.162. The standard InChI is InChI=1S/C11H17BrN4/c1-2-16-5-3-11(13,4-6-16)10-14-7-9(12)8-15-10/h7-8H,2-6,13H2,1H3. The van der Waals surface area contributed by atoms with Crippen molar-refractivity contribution >= 4 is 15.9 Å². The Bertz CT molecular complexity index is 344. The summed E-state index contributed by atoms with van der Waals surface area (Å²) in [5.74, 6) is 0.770. The SMILES string of the molecule is CCN1CCC(N)(c2ncc(Br)cn2)CC1. The molecule has 1 aromatic heterocycles. The van der Waals surface area contributed by atoms with Gasteiger partial charge in [0.05, 0.1) is 10.0 Å². The summed E-state index contributed by atoms with van der Waals surface area (Å²) in [6, 6.07) is 0. The predicted molar refractivity (Wildman–Crippen MR) is 66.9 cm³/mol. The van der Waals surface area contributed by atoms with E-state index in [1.54, 1.807) is 12.4 Å². The molecule has 0 aliphatic carbocycles. The molecule has 1 aromatic rings. The normalized spacial score (nSPS) is 20.9. The van der Waals surface area contributed by atoms with Crippen LogP contribution in [0.4, 0.5) is 0 Å². The van der Waals surface area contributed by atoms with Crippen molar-refractivity contribution in [3.05, 3.63) is 22.7 Å². The van der Waals surface area contributed by atoms with Gasteiger partial charge in [-0.15, -0.1) is 0 Å². The lowest BCUT2D eigenvalue weighted by atomic mass is 9.87. The fourth-order valence-corrected chi connectivity index (χ4v) is 2.27. The molecule has 16 heavy (non-hydrogen) atoms. The topological polar surface area (TPSA) is 55.0 Å². The van der Waals surface area contributed by atoms with Crippen LogP contribution < -0.4 is 5.73 Å². The van der Waals surface area contributed by atoms with E-state index in [1.807, 2.05) is 0 Å². The third kappa shape index (κ3) is 2.42. The first-order chi connectivity index (χ1) is 7.64. The number of hydrogen-bond acceptors (Lipinski definition) is 4. The summed E-state index contributed by atoms with van der Waals surface area (Å²) in [6.07, 6.45) is 5.40. The minimum Gasteiger partial charge on any atom is -0.319 e. The number of nitrogens with zero attached hydrogens (tertiary/aromatic N) is 3. The molecule has 1 aliphatic rings. The Labute approximate surface area is 104 Å². The highest BCUT2D eigenvalue weighted by atomic mass is 79.9. The lowest BCUT2D eigenvalue weighted by Gasteiger charge is -2.37. The molecule has 88 valence electrons. The van der Waals surface area contributed by atoms with E-state index < -0.39 is 0 Å². The van der Waals surface area contributed by atoms with Crippen LogP contribution in [-0.4, -0.2) is 34.5 Å². The fourth-order valence-electron chi connectivity index (χ4n) is 2.06. The zero-order valence-corrected chi connectivity index (χ0v) is 11.1. The van der Waals surface area contributed by atoms with Gasteiger partial charge in [-0.3, -0.25) is 0 Å². The maximum absolute atomic E-state index is 6.38. The highest BCUT2D eigenvalue weighted by molar-refractivity contribution is 9.10.